The summed E-state index contributed by atoms with van der Waals surface area (Å²) in [5.74, 6) is -0.250. The van der Waals surface area contributed by atoms with E-state index in [9.17, 15) is 9.59 Å². The standard InChI is InChI=1S/C19H22N2O3/c1-3-18(22)20-16-9-10-17(14(2)11-16)21-19(23)13-24-12-15-7-5-4-6-8-15/h4-11H,3,12-13H2,1-2H3,(H,20,22)(H,21,23). The van der Waals surface area contributed by atoms with Crippen LogP contribution in [0.2, 0.25) is 0 Å². The van der Waals surface area contributed by atoms with Gasteiger partial charge in [-0.1, -0.05) is 37.3 Å². The van der Waals surface area contributed by atoms with Crippen molar-refractivity contribution in [2.75, 3.05) is 17.2 Å². The highest BCUT2D eigenvalue weighted by Crippen LogP contribution is 2.19. The first-order valence-corrected chi connectivity index (χ1v) is 7.90. The van der Waals surface area contributed by atoms with Gasteiger partial charge in [-0.15, -0.1) is 0 Å². The van der Waals surface area contributed by atoms with E-state index in [1.165, 1.54) is 0 Å². The maximum atomic E-state index is 12.0. The molecule has 2 amide bonds. The normalized spacial score (nSPS) is 10.2. The van der Waals surface area contributed by atoms with Crippen LogP contribution in [-0.2, 0) is 20.9 Å². The van der Waals surface area contributed by atoms with E-state index in [1.807, 2.05) is 43.3 Å². The van der Waals surface area contributed by atoms with E-state index in [0.717, 1.165) is 16.8 Å². The predicted molar refractivity (Wildman–Crippen MR) is 94.8 cm³/mol. The molecule has 2 aromatic rings. The third kappa shape index (κ3) is 5.52. The van der Waals surface area contributed by atoms with Gasteiger partial charge in [0, 0.05) is 17.8 Å². The summed E-state index contributed by atoms with van der Waals surface area (Å²) in [5, 5.41) is 5.60. The van der Waals surface area contributed by atoms with Gasteiger partial charge in [0.1, 0.15) is 6.61 Å². The Morgan fingerprint density at radius 1 is 1.00 bits per heavy atom. The van der Waals surface area contributed by atoms with Gasteiger partial charge >= 0.3 is 0 Å². The van der Waals surface area contributed by atoms with Crippen molar-refractivity contribution in [3.05, 3.63) is 59.7 Å². The molecular formula is C19H22N2O3. The largest absolute Gasteiger partial charge is 0.367 e. The molecule has 0 bridgehead atoms. The van der Waals surface area contributed by atoms with E-state index in [-0.39, 0.29) is 18.4 Å². The number of carbonyl (C=O) groups excluding carboxylic acids is 2. The molecule has 0 heterocycles. The van der Waals surface area contributed by atoms with Crippen molar-refractivity contribution in [2.24, 2.45) is 0 Å². The Balaban J connectivity index is 1.84. The molecule has 0 aromatic heterocycles. The fourth-order valence-corrected chi connectivity index (χ4v) is 2.15. The third-order valence-corrected chi connectivity index (χ3v) is 3.45. The van der Waals surface area contributed by atoms with E-state index >= 15 is 0 Å². The van der Waals surface area contributed by atoms with Crippen LogP contribution in [0.15, 0.2) is 48.5 Å². The summed E-state index contributed by atoms with van der Waals surface area (Å²) in [7, 11) is 0. The molecule has 2 N–H and O–H groups in total. The molecule has 2 aromatic carbocycles. The number of nitrogens with one attached hydrogen (secondary N) is 2. The third-order valence-electron chi connectivity index (χ3n) is 3.45. The molecule has 0 aliphatic heterocycles. The van der Waals surface area contributed by atoms with Gasteiger partial charge in [0.05, 0.1) is 6.61 Å². The fourth-order valence-electron chi connectivity index (χ4n) is 2.15. The molecule has 0 radical (unpaired) electrons. The molecule has 5 nitrogen and oxygen atoms in total. The Bertz CT molecular complexity index is 699. The zero-order valence-corrected chi connectivity index (χ0v) is 14.0. The van der Waals surface area contributed by atoms with Gasteiger partial charge in [0.25, 0.3) is 0 Å². The van der Waals surface area contributed by atoms with E-state index in [4.69, 9.17) is 4.74 Å². The van der Waals surface area contributed by atoms with Crippen LogP contribution in [-0.4, -0.2) is 18.4 Å². The fraction of sp³-hybridized carbons (Fsp3) is 0.263. The number of carbonyl (C=O) groups is 2. The Kier molecular flexibility index (Phi) is 6.51. The molecule has 0 atom stereocenters. The maximum Gasteiger partial charge on any atom is 0.250 e. The summed E-state index contributed by atoms with van der Waals surface area (Å²) >= 11 is 0. The molecule has 2 rings (SSSR count). The molecule has 0 aliphatic rings. The highest BCUT2D eigenvalue weighted by Gasteiger charge is 2.07. The minimum atomic E-state index is -0.209. The number of hydrogen-bond donors (Lipinski definition) is 2. The van der Waals surface area contributed by atoms with Crippen molar-refractivity contribution in [3.8, 4) is 0 Å². The highest BCUT2D eigenvalue weighted by atomic mass is 16.5. The smallest absolute Gasteiger partial charge is 0.250 e. The minimum absolute atomic E-state index is 0.0113. The second kappa shape index (κ2) is 8.84. The van der Waals surface area contributed by atoms with E-state index in [2.05, 4.69) is 10.6 Å². The molecule has 0 fully saturated rings. The first-order chi connectivity index (χ1) is 11.6. The number of aryl methyl sites for hydroxylation is 1. The monoisotopic (exact) mass is 326 g/mol. The maximum absolute atomic E-state index is 12.0. The van der Waals surface area contributed by atoms with E-state index in [0.29, 0.717) is 18.7 Å². The predicted octanol–water partition coefficient (Wildman–Crippen LogP) is 3.50. The lowest BCUT2D eigenvalue weighted by atomic mass is 10.1. The minimum Gasteiger partial charge on any atom is -0.367 e. The Labute approximate surface area is 142 Å². The lowest BCUT2D eigenvalue weighted by molar-refractivity contribution is -0.121. The quantitative estimate of drug-likeness (QED) is 0.818. The van der Waals surface area contributed by atoms with Gasteiger partial charge in [-0.2, -0.15) is 0 Å². The second-order valence-corrected chi connectivity index (χ2v) is 5.46. The van der Waals surface area contributed by atoms with Crippen molar-refractivity contribution in [2.45, 2.75) is 26.9 Å². The number of ether oxygens (including phenoxy) is 1. The lowest BCUT2D eigenvalue weighted by Gasteiger charge is -2.11. The summed E-state index contributed by atoms with van der Waals surface area (Å²) in [6, 6.07) is 15.1. The van der Waals surface area contributed by atoms with Crippen molar-refractivity contribution in [1.29, 1.82) is 0 Å². The Morgan fingerprint density at radius 3 is 2.42 bits per heavy atom. The summed E-state index contributed by atoms with van der Waals surface area (Å²) < 4.78 is 5.42. The molecule has 0 saturated heterocycles. The summed E-state index contributed by atoms with van der Waals surface area (Å²) in [6.45, 7) is 4.06. The number of hydrogen-bond acceptors (Lipinski definition) is 3. The van der Waals surface area contributed by atoms with Crippen molar-refractivity contribution >= 4 is 23.2 Å². The Hall–Kier alpha value is -2.66. The second-order valence-electron chi connectivity index (χ2n) is 5.46. The van der Waals surface area contributed by atoms with Crippen LogP contribution in [0.5, 0.6) is 0 Å². The van der Waals surface area contributed by atoms with Crippen LogP contribution in [0, 0.1) is 6.92 Å². The van der Waals surface area contributed by atoms with Gasteiger partial charge in [0.2, 0.25) is 11.8 Å². The number of rotatable bonds is 7. The van der Waals surface area contributed by atoms with Crippen molar-refractivity contribution in [1.82, 2.24) is 0 Å². The van der Waals surface area contributed by atoms with Gasteiger partial charge in [-0.25, -0.2) is 0 Å². The topological polar surface area (TPSA) is 67.4 Å². The van der Waals surface area contributed by atoms with Crippen LogP contribution < -0.4 is 10.6 Å². The molecule has 126 valence electrons. The molecule has 5 heteroatoms. The SMILES string of the molecule is CCC(=O)Nc1ccc(NC(=O)COCc2ccccc2)c(C)c1. The van der Waals surface area contributed by atoms with Crippen molar-refractivity contribution < 1.29 is 14.3 Å². The zero-order chi connectivity index (χ0) is 17.4. The van der Waals surface area contributed by atoms with Crippen LogP contribution in [0.25, 0.3) is 0 Å². The summed E-state index contributed by atoms with van der Waals surface area (Å²) in [6.07, 6.45) is 0.427. The van der Waals surface area contributed by atoms with Crippen LogP contribution in [0.1, 0.15) is 24.5 Å². The summed E-state index contributed by atoms with van der Waals surface area (Å²) in [4.78, 5) is 23.4. The number of amides is 2. The number of benzene rings is 2. The first kappa shape index (κ1) is 17.7. The van der Waals surface area contributed by atoms with Crippen molar-refractivity contribution in [3.63, 3.8) is 0 Å². The molecule has 0 saturated carbocycles. The summed E-state index contributed by atoms with van der Waals surface area (Å²) in [5.41, 5.74) is 3.33. The van der Waals surface area contributed by atoms with Crippen LogP contribution >= 0.6 is 0 Å². The molecule has 0 spiro atoms. The highest BCUT2D eigenvalue weighted by molar-refractivity contribution is 5.94. The first-order valence-electron chi connectivity index (χ1n) is 7.90. The average molecular weight is 326 g/mol. The Morgan fingerprint density at radius 2 is 1.75 bits per heavy atom. The van der Waals surface area contributed by atoms with E-state index < -0.39 is 0 Å². The van der Waals surface area contributed by atoms with E-state index in [1.54, 1.807) is 19.1 Å². The van der Waals surface area contributed by atoms with Gasteiger partial charge in [-0.3, -0.25) is 9.59 Å². The van der Waals surface area contributed by atoms with Gasteiger partial charge in [0.15, 0.2) is 0 Å². The van der Waals surface area contributed by atoms with Crippen LogP contribution in [0.4, 0.5) is 11.4 Å². The zero-order valence-electron chi connectivity index (χ0n) is 14.0. The molecule has 24 heavy (non-hydrogen) atoms. The molecule has 0 aliphatic carbocycles. The number of anilines is 2. The van der Waals surface area contributed by atoms with Gasteiger partial charge in [-0.05, 0) is 36.2 Å². The lowest BCUT2D eigenvalue weighted by Crippen LogP contribution is -2.19. The van der Waals surface area contributed by atoms with Gasteiger partial charge < -0.3 is 15.4 Å². The van der Waals surface area contributed by atoms with Crippen LogP contribution in [0.3, 0.4) is 0 Å². The average Bonchev–Trinajstić information content (AvgIpc) is 2.58. The molecule has 0 unspecified atom stereocenters. The molecular weight excluding hydrogens is 304 g/mol.